The van der Waals surface area contributed by atoms with E-state index in [1.807, 2.05) is 19.1 Å². The van der Waals surface area contributed by atoms with Gasteiger partial charge >= 0.3 is 0 Å². The lowest BCUT2D eigenvalue weighted by Gasteiger charge is -2.09. The average Bonchev–Trinajstić information content (AvgIpc) is 3.11. The molecular weight excluding hydrogens is 364 g/mol. The Labute approximate surface area is 161 Å². The highest BCUT2D eigenvalue weighted by molar-refractivity contribution is 6.10. The normalized spacial score (nSPS) is 13.3. The maximum absolute atomic E-state index is 13.7. The Morgan fingerprint density at radius 1 is 1.32 bits per heavy atom. The predicted octanol–water partition coefficient (Wildman–Crippen LogP) is 3.48. The smallest absolute Gasteiger partial charge is 0.262 e. The number of amides is 1. The van der Waals surface area contributed by atoms with E-state index in [9.17, 15) is 13.6 Å². The van der Waals surface area contributed by atoms with Crippen molar-refractivity contribution in [3.8, 4) is 5.75 Å². The van der Waals surface area contributed by atoms with Crippen molar-refractivity contribution >= 4 is 17.7 Å². The minimum Gasteiger partial charge on any atom is -0.493 e. The van der Waals surface area contributed by atoms with Crippen molar-refractivity contribution in [3.05, 3.63) is 82.8 Å². The zero-order valence-electron chi connectivity index (χ0n) is 15.3. The number of fused-ring (bicyclic) bond motifs is 1. The first-order chi connectivity index (χ1) is 13.4. The fraction of sp³-hybridized carbons (Fsp3) is 0.143. The van der Waals surface area contributed by atoms with E-state index in [-0.39, 0.29) is 5.82 Å². The maximum Gasteiger partial charge on any atom is 0.262 e. The molecule has 2 aromatic rings. The first kappa shape index (κ1) is 19.3. The third kappa shape index (κ3) is 3.93. The molecule has 0 bridgehead atoms. The van der Waals surface area contributed by atoms with Crippen LogP contribution in [0.5, 0.6) is 5.75 Å². The Morgan fingerprint density at radius 2 is 2.04 bits per heavy atom. The van der Waals surface area contributed by atoms with Gasteiger partial charge in [-0.2, -0.15) is 0 Å². The van der Waals surface area contributed by atoms with Gasteiger partial charge in [-0.1, -0.05) is 12.6 Å². The van der Waals surface area contributed by atoms with Gasteiger partial charge in [-0.05, 0) is 53.5 Å². The maximum atomic E-state index is 13.7. The summed E-state index contributed by atoms with van der Waals surface area (Å²) in [6, 6.07) is 7.10. The van der Waals surface area contributed by atoms with E-state index in [4.69, 9.17) is 10.5 Å². The Hall–Kier alpha value is -3.48. The summed E-state index contributed by atoms with van der Waals surface area (Å²) in [7, 11) is 0. The largest absolute Gasteiger partial charge is 0.493 e. The zero-order chi connectivity index (χ0) is 20.3. The SMILES string of the molecule is C=C(/C=N\C(=C/N)NC(=O)c1c(F)cccc1F)c1cc2c(cc1C)OCC2. The molecule has 28 heavy (non-hydrogen) atoms. The van der Waals surface area contributed by atoms with Crippen molar-refractivity contribution in [2.24, 2.45) is 10.7 Å². The van der Waals surface area contributed by atoms with Crippen LogP contribution in [0, 0.1) is 18.6 Å². The molecule has 7 heteroatoms. The van der Waals surface area contributed by atoms with Gasteiger partial charge in [-0.15, -0.1) is 0 Å². The molecule has 0 saturated heterocycles. The van der Waals surface area contributed by atoms with Gasteiger partial charge in [0, 0.05) is 18.8 Å². The van der Waals surface area contributed by atoms with Crippen molar-refractivity contribution in [1.82, 2.24) is 5.32 Å². The summed E-state index contributed by atoms with van der Waals surface area (Å²) in [5, 5.41) is 2.29. The first-order valence-corrected chi connectivity index (χ1v) is 8.57. The summed E-state index contributed by atoms with van der Waals surface area (Å²) in [6.07, 6.45) is 3.29. The molecule has 0 saturated carbocycles. The van der Waals surface area contributed by atoms with Crippen LogP contribution in [-0.4, -0.2) is 18.7 Å². The van der Waals surface area contributed by atoms with E-state index in [0.29, 0.717) is 12.2 Å². The fourth-order valence-electron chi connectivity index (χ4n) is 2.90. The van der Waals surface area contributed by atoms with Gasteiger partial charge in [0.05, 0.1) is 6.61 Å². The van der Waals surface area contributed by atoms with E-state index in [1.165, 1.54) is 12.3 Å². The lowest BCUT2D eigenvalue weighted by atomic mass is 9.98. The second-order valence-corrected chi connectivity index (χ2v) is 6.26. The Balaban J connectivity index is 1.75. The molecule has 3 N–H and O–H groups in total. The summed E-state index contributed by atoms with van der Waals surface area (Å²) in [4.78, 5) is 16.2. The van der Waals surface area contributed by atoms with Crippen molar-refractivity contribution in [3.63, 3.8) is 0 Å². The Kier molecular flexibility index (Phi) is 5.54. The third-order valence-corrected chi connectivity index (χ3v) is 4.33. The Bertz CT molecular complexity index is 993. The molecule has 0 atom stereocenters. The number of carbonyl (C=O) groups excluding carboxylic acids is 1. The molecule has 0 aliphatic carbocycles. The summed E-state index contributed by atoms with van der Waals surface area (Å²) in [5.74, 6) is -2.12. The third-order valence-electron chi connectivity index (χ3n) is 4.33. The number of nitrogens with two attached hydrogens (primary N) is 1. The fourth-order valence-corrected chi connectivity index (χ4v) is 2.90. The second kappa shape index (κ2) is 8.04. The van der Waals surface area contributed by atoms with E-state index >= 15 is 0 Å². The van der Waals surface area contributed by atoms with Crippen molar-refractivity contribution in [2.45, 2.75) is 13.3 Å². The molecule has 1 aliphatic rings. The lowest BCUT2D eigenvalue weighted by molar-refractivity contribution is 0.0957. The molecule has 1 heterocycles. The molecule has 144 valence electrons. The highest BCUT2D eigenvalue weighted by atomic mass is 19.1. The van der Waals surface area contributed by atoms with Crippen molar-refractivity contribution in [1.29, 1.82) is 0 Å². The predicted molar refractivity (Wildman–Crippen MR) is 104 cm³/mol. The molecular formula is C21H19F2N3O2. The number of aliphatic imine (C=N–C) groups is 1. The van der Waals surface area contributed by atoms with E-state index in [1.54, 1.807) is 0 Å². The summed E-state index contributed by atoms with van der Waals surface area (Å²) in [6.45, 7) is 6.57. The highest BCUT2D eigenvalue weighted by Gasteiger charge is 2.18. The number of aryl methyl sites for hydroxylation is 1. The molecule has 1 aliphatic heterocycles. The first-order valence-electron chi connectivity index (χ1n) is 8.57. The van der Waals surface area contributed by atoms with Gasteiger partial charge in [0.1, 0.15) is 28.8 Å². The molecule has 0 unspecified atom stereocenters. The number of hydrogen-bond acceptors (Lipinski definition) is 4. The number of rotatable bonds is 5. The van der Waals surface area contributed by atoms with Crippen LogP contribution in [0.4, 0.5) is 8.78 Å². The molecule has 0 spiro atoms. The van der Waals surface area contributed by atoms with Crippen LogP contribution in [0.1, 0.15) is 27.0 Å². The number of carbonyl (C=O) groups is 1. The van der Waals surface area contributed by atoms with E-state index in [0.717, 1.165) is 47.2 Å². The van der Waals surface area contributed by atoms with Gasteiger partial charge in [-0.25, -0.2) is 13.8 Å². The molecule has 3 rings (SSSR count). The summed E-state index contributed by atoms with van der Waals surface area (Å²) < 4.78 is 33.0. The molecule has 0 fully saturated rings. The van der Waals surface area contributed by atoms with Crippen LogP contribution in [0.25, 0.3) is 5.57 Å². The molecule has 0 aromatic heterocycles. The lowest BCUT2D eigenvalue weighted by Crippen LogP contribution is -2.25. The van der Waals surface area contributed by atoms with Crippen molar-refractivity contribution < 1.29 is 18.3 Å². The van der Waals surface area contributed by atoms with Crippen LogP contribution in [0.2, 0.25) is 0 Å². The average molecular weight is 383 g/mol. The number of benzene rings is 2. The van der Waals surface area contributed by atoms with Gasteiger partial charge in [0.15, 0.2) is 0 Å². The van der Waals surface area contributed by atoms with E-state index < -0.39 is 23.1 Å². The number of ether oxygens (including phenoxy) is 1. The highest BCUT2D eigenvalue weighted by Crippen LogP contribution is 2.30. The van der Waals surface area contributed by atoms with Crippen LogP contribution in [0.15, 0.2) is 53.9 Å². The number of allylic oxidation sites excluding steroid dienone is 1. The van der Waals surface area contributed by atoms with Crippen LogP contribution in [-0.2, 0) is 6.42 Å². The van der Waals surface area contributed by atoms with E-state index in [2.05, 4.69) is 16.9 Å². The van der Waals surface area contributed by atoms with Crippen LogP contribution < -0.4 is 15.8 Å². The van der Waals surface area contributed by atoms with Gasteiger partial charge in [0.25, 0.3) is 5.91 Å². The second-order valence-electron chi connectivity index (χ2n) is 6.26. The standard InChI is InChI=1S/C21H19F2N3O2/c1-12-8-18-14(6-7-28-18)9-15(12)13(2)11-25-19(10-24)26-21(27)20-16(22)4-3-5-17(20)23/h3-5,8-11H,2,6-7,24H2,1H3,(H,26,27)/b19-10+,25-11-. The quantitative estimate of drug-likeness (QED) is 0.776. The van der Waals surface area contributed by atoms with Gasteiger partial charge in [-0.3, -0.25) is 4.79 Å². The van der Waals surface area contributed by atoms with Gasteiger partial charge < -0.3 is 15.8 Å². The molecule has 2 aromatic carbocycles. The molecule has 0 radical (unpaired) electrons. The number of nitrogens with zero attached hydrogens (tertiary/aromatic N) is 1. The number of halogens is 2. The number of hydrogen-bond donors (Lipinski definition) is 2. The van der Waals surface area contributed by atoms with Crippen LogP contribution >= 0.6 is 0 Å². The van der Waals surface area contributed by atoms with Gasteiger partial charge in [0.2, 0.25) is 0 Å². The molecule has 1 amide bonds. The summed E-state index contributed by atoms with van der Waals surface area (Å²) in [5.41, 5.74) is 8.31. The monoisotopic (exact) mass is 383 g/mol. The molecule has 5 nitrogen and oxygen atoms in total. The minimum absolute atomic E-state index is 0.0593. The Morgan fingerprint density at radius 3 is 2.71 bits per heavy atom. The summed E-state index contributed by atoms with van der Waals surface area (Å²) >= 11 is 0. The van der Waals surface area contributed by atoms with Crippen LogP contribution in [0.3, 0.4) is 0 Å². The van der Waals surface area contributed by atoms with Crippen molar-refractivity contribution in [2.75, 3.05) is 6.61 Å². The zero-order valence-corrected chi connectivity index (χ0v) is 15.3. The topological polar surface area (TPSA) is 76.7 Å². The number of nitrogens with one attached hydrogen (secondary N) is 1. The minimum atomic E-state index is -0.985.